The van der Waals surface area contributed by atoms with Crippen molar-refractivity contribution in [1.29, 1.82) is 0 Å². The van der Waals surface area contributed by atoms with Crippen LogP contribution >= 0.6 is 35.3 Å². The zero-order chi connectivity index (χ0) is 20.0. The van der Waals surface area contributed by atoms with E-state index in [4.69, 9.17) is 0 Å². The maximum absolute atomic E-state index is 12.5. The van der Waals surface area contributed by atoms with Crippen LogP contribution in [0.5, 0.6) is 0 Å². The molecule has 1 atom stereocenters. The van der Waals surface area contributed by atoms with Crippen molar-refractivity contribution in [3.63, 3.8) is 0 Å². The summed E-state index contributed by atoms with van der Waals surface area (Å²) in [5.41, 5.74) is 1.99. The number of likely N-dealkylation sites (tertiary alicyclic amines) is 1. The molecule has 1 fully saturated rings. The van der Waals surface area contributed by atoms with Crippen molar-refractivity contribution < 1.29 is 13.2 Å². The van der Waals surface area contributed by atoms with E-state index in [1.54, 1.807) is 11.3 Å². The number of nitrogens with one attached hydrogen (secondary N) is 2. The molecule has 1 aromatic heterocycles. The fourth-order valence-corrected chi connectivity index (χ4v) is 3.86. The molecule has 0 bridgehead atoms. The van der Waals surface area contributed by atoms with Crippen molar-refractivity contribution in [2.24, 2.45) is 4.99 Å². The fraction of sp³-hybridized carbons (Fsp3) is 0.474. The molecule has 160 valence electrons. The lowest BCUT2D eigenvalue weighted by Gasteiger charge is -2.19. The summed E-state index contributed by atoms with van der Waals surface area (Å²) >= 11 is 1.55. The van der Waals surface area contributed by atoms with Crippen molar-refractivity contribution >= 4 is 41.3 Å². The first kappa shape index (κ1) is 23.9. The van der Waals surface area contributed by atoms with E-state index >= 15 is 0 Å². The van der Waals surface area contributed by atoms with Gasteiger partial charge in [-0.3, -0.25) is 4.90 Å². The molecule has 2 N–H and O–H groups in total. The standard InChI is InChI=1S/C19H24F3N5S.HI/c1-2-23-18(25-15-8-9-27(11-15)13-19(20,21)22)24-10-17-26-16(12-28-17)14-6-4-3-5-7-14;/h3-7,12,15H,2,8-11,13H2,1H3,(H2,23,24,25);1H. The van der Waals surface area contributed by atoms with Gasteiger partial charge in [0.25, 0.3) is 0 Å². The van der Waals surface area contributed by atoms with E-state index in [0.29, 0.717) is 38.6 Å². The van der Waals surface area contributed by atoms with Gasteiger partial charge in [0, 0.05) is 36.6 Å². The highest BCUT2D eigenvalue weighted by Gasteiger charge is 2.34. The Morgan fingerprint density at radius 2 is 2.07 bits per heavy atom. The predicted octanol–water partition coefficient (Wildman–Crippen LogP) is 4.12. The summed E-state index contributed by atoms with van der Waals surface area (Å²) in [4.78, 5) is 10.6. The van der Waals surface area contributed by atoms with Gasteiger partial charge in [-0.1, -0.05) is 30.3 Å². The molecular weight excluding hydrogens is 514 g/mol. The van der Waals surface area contributed by atoms with Crippen molar-refractivity contribution in [3.8, 4) is 11.3 Å². The molecule has 1 unspecified atom stereocenters. The number of aromatic nitrogens is 1. The summed E-state index contributed by atoms with van der Waals surface area (Å²) in [5, 5.41) is 9.30. The first-order chi connectivity index (χ1) is 13.4. The molecule has 0 radical (unpaired) electrons. The second-order valence-corrected chi connectivity index (χ2v) is 7.61. The zero-order valence-electron chi connectivity index (χ0n) is 16.1. The minimum absolute atomic E-state index is 0. The molecule has 29 heavy (non-hydrogen) atoms. The van der Waals surface area contributed by atoms with E-state index in [1.165, 1.54) is 4.90 Å². The largest absolute Gasteiger partial charge is 0.401 e. The normalized spacial score (nSPS) is 17.8. The van der Waals surface area contributed by atoms with Gasteiger partial charge in [-0.15, -0.1) is 35.3 Å². The van der Waals surface area contributed by atoms with Crippen molar-refractivity contribution in [1.82, 2.24) is 20.5 Å². The van der Waals surface area contributed by atoms with Crippen molar-refractivity contribution in [2.75, 3.05) is 26.2 Å². The summed E-state index contributed by atoms with van der Waals surface area (Å²) in [7, 11) is 0. The van der Waals surface area contributed by atoms with Crippen LogP contribution in [-0.2, 0) is 6.54 Å². The summed E-state index contributed by atoms with van der Waals surface area (Å²) in [6.45, 7) is 2.99. The van der Waals surface area contributed by atoms with E-state index in [0.717, 1.165) is 16.3 Å². The summed E-state index contributed by atoms with van der Waals surface area (Å²) in [6, 6.07) is 9.90. The van der Waals surface area contributed by atoms with Gasteiger partial charge in [-0.05, 0) is 13.3 Å². The van der Waals surface area contributed by atoms with Crippen molar-refractivity contribution in [2.45, 2.75) is 32.1 Å². The van der Waals surface area contributed by atoms with Gasteiger partial charge in [0.15, 0.2) is 5.96 Å². The average Bonchev–Trinajstić information content (AvgIpc) is 3.29. The van der Waals surface area contributed by atoms with Gasteiger partial charge in [0.2, 0.25) is 0 Å². The summed E-state index contributed by atoms with van der Waals surface area (Å²) in [5.74, 6) is 0.609. The molecule has 1 aromatic carbocycles. The maximum atomic E-state index is 12.5. The minimum atomic E-state index is -4.16. The second kappa shape index (κ2) is 11.1. The number of halogens is 4. The number of rotatable bonds is 6. The van der Waals surface area contributed by atoms with E-state index in [1.807, 2.05) is 42.6 Å². The lowest BCUT2D eigenvalue weighted by molar-refractivity contribution is -0.143. The molecule has 10 heteroatoms. The fourth-order valence-electron chi connectivity index (χ4n) is 3.13. The minimum Gasteiger partial charge on any atom is -0.357 e. The Morgan fingerprint density at radius 3 is 2.76 bits per heavy atom. The molecule has 0 spiro atoms. The lowest BCUT2D eigenvalue weighted by Crippen LogP contribution is -2.45. The molecule has 1 aliphatic heterocycles. The lowest BCUT2D eigenvalue weighted by atomic mass is 10.2. The third kappa shape index (κ3) is 7.74. The molecule has 1 saturated heterocycles. The molecule has 0 aliphatic carbocycles. The van der Waals surface area contributed by atoms with Crippen LogP contribution in [-0.4, -0.2) is 54.2 Å². The topological polar surface area (TPSA) is 52.6 Å². The number of hydrogen-bond donors (Lipinski definition) is 2. The maximum Gasteiger partial charge on any atom is 0.401 e. The third-order valence-electron chi connectivity index (χ3n) is 4.35. The number of hydrogen-bond acceptors (Lipinski definition) is 4. The van der Waals surface area contributed by atoms with Crippen LogP contribution in [0.15, 0.2) is 40.7 Å². The summed E-state index contributed by atoms with van der Waals surface area (Å²) in [6.07, 6.45) is -3.50. The van der Waals surface area contributed by atoms with E-state index in [2.05, 4.69) is 20.6 Å². The highest BCUT2D eigenvalue weighted by Crippen LogP contribution is 2.22. The number of guanidine groups is 1. The molecule has 1 aliphatic rings. The van der Waals surface area contributed by atoms with Crippen LogP contribution in [0, 0.1) is 0 Å². The van der Waals surface area contributed by atoms with Gasteiger partial charge in [-0.2, -0.15) is 13.2 Å². The van der Waals surface area contributed by atoms with Gasteiger partial charge in [-0.25, -0.2) is 9.98 Å². The van der Waals surface area contributed by atoms with Crippen LogP contribution < -0.4 is 10.6 Å². The first-order valence-corrected chi connectivity index (χ1v) is 10.1. The average molecular weight is 539 g/mol. The third-order valence-corrected chi connectivity index (χ3v) is 5.19. The molecule has 5 nitrogen and oxygen atoms in total. The van der Waals surface area contributed by atoms with E-state index in [9.17, 15) is 13.2 Å². The zero-order valence-corrected chi connectivity index (χ0v) is 19.2. The Kier molecular flexibility index (Phi) is 9.15. The SMILES string of the molecule is CCNC(=NCc1nc(-c2ccccc2)cs1)NC1CCN(CC(F)(F)F)C1.I. The molecule has 0 saturated carbocycles. The van der Waals surface area contributed by atoms with Gasteiger partial charge >= 0.3 is 6.18 Å². The smallest absolute Gasteiger partial charge is 0.357 e. The molecule has 2 heterocycles. The Labute approximate surface area is 189 Å². The molecule has 2 aromatic rings. The molecular formula is C19H25F3IN5S. The number of alkyl halides is 3. The second-order valence-electron chi connectivity index (χ2n) is 6.67. The van der Waals surface area contributed by atoms with Gasteiger partial charge in [0.05, 0.1) is 18.8 Å². The number of aliphatic imine (C=N–C) groups is 1. The van der Waals surface area contributed by atoms with Crippen LogP contribution in [0.25, 0.3) is 11.3 Å². The Balaban J connectivity index is 0.00000300. The summed E-state index contributed by atoms with van der Waals surface area (Å²) < 4.78 is 37.6. The Hall–Kier alpha value is -1.40. The van der Waals surface area contributed by atoms with Crippen LogP contribution in [0.4, 0.5) is 13.2 Å². The van der Waals surface area contributed by atoms with Gasteiger partial charge in [0.1, 0.15) is 5.01 Å². The number of benzene rings is 1. The molecule has 0 amide bonds. The highest BCUT2D eigenvalue weighted by molar-refractivity contribution is 14.0. The van der Waals surface area contributed by atoms with Crippen molar-refractivity contribution in [3.05, 3.63) is 40.7 Å². The van der Waals surface area contributed by atoms with Gasteiger partial charge < -0.3 is 10.6 Å². The van der Waals surface area contributed by atoms with E-state index in [-0.39, 0.29) is 30.0 Å². The number of nitrogens with zero attached hydrogens (tertiary/aromatic N) is 3. The quantitative estimate of drug-likeness (QED) is 0.330. The van der Waals surface area contributed by atoms with Crippen LogP contribution in [0.3, 0.4) is 0 Å². The molecule has 3 rings (SSSR count). The first-order valence-electron chi connectivity index (χ1n) is 9.26. The van der Waals surface area contributed by atoms with E-state index < -0.39 is 12.7 Å². The van der Waals surface area contributed by atoms with Crippen LogP contribution in [0.2, 0.25) is 0 Å². The Bertz CT molecular complexity index is 782. The number of thiazole rings is 1. The predicted molar refractivity (Wildman–Crippen MR) is 122 cm³/mol. The Morgan fingerprint density at radius 1 is 1.31 bits per heavy atom. The monoisotopic (exact) mass is 539 g/mol. The highest BCUT2D eigenvalue weighted by atomic mass is 127. The van der Waals surface area contributed by atoms with Crippen LogP contribution in [0.1, 0.15) is 18.4 Å².